The number of nitrogens with zero attached hydrogens (tertiary/aromatic N) is 1. The molecule has 1 aliphatic rings. The molecule has 0 spiro atoms. The minimum Gasteiger partial charge on any atom is -0.326 e. The maximum Gasteiger partial charge on any atom is 0.229 e. The fourth-order valence-corrected chi connectivity index (χ4v) is 3.16. The number of rotatable bonds is 3. The molecule has 1 saturated heterocycles. The molecular formula is C17H14BrIN2O2. The van der Waals surface area contributed by atoms with Gasteiger partial charge in [0.05, 0.1) is 5.92 Å². The van der Waals surface area contributed by atoms with Crippen molar-refractivity contribution in [2.45, 2.75) is 6.42 Å². The summed E-state index contributed by atoms with van der Waals surface area (Å²) in [4.78, 5) is 26.3. The second-order valence-electron chi connectivity index (χ2n) is 5.38. The third kappa shape index (κ3) is 3.92. The number of hydrogen-bond donors (Lipinski definition) is 1. The van der Waals surface area contributed by atoms with E-state index in [1.807, 2.05) is 48.5 Å². The molecule has 6 heteroatoms. The molecule has 0 aliphatic carbocycles. The van der Waals surface area contributed by atoms with Crippen molar-refractivity contribution in [3.05, 3.63) is 56.6 Å². The van der Waals surface area contributed by atoms with Gasteiger partial charge in [0.25, 0.3) is 0 Å². The summed E-state index contributed by atoms with van der Waals surface area (Å²) < 4.78 is 2.07. The van der Waals surface area contributed by atoms with Crippen molar-refractivity contribution in [3.8, 4) is 0 Å². The lowest BCUT2D eigenvalue weighted by Crippen LogP contribution is -2.28. The van der Waals surface area contributed by atoms with Crippen LogP contribution < -0.4 is 10.2 Å². The highest BCUT2D eigenvalue weighted by Crippen LogP contribution is 2.27. The molecule has 1 fully saturated rings. The van der Waals surface area contributed by atoms with Gasteiger partial charge in [0.15, 0.2) is 0 Å². The Hall–Kier alpha value is -1.41. The summed E-state index contributed by atoms with van der Waals surface area (Å²) >= 11 is 5.59. The molecule has 1 heterocycles. The van der Waals surface area contributed by atoms with E-state index in [2.05, 4.69) is 43.8 Å². The summed E-state index contributed by atoms with van der Waals surface area (Å²) in [6.45, 7) is 0.413. The molecule has 1 unspecified atom stereocenters. The monoisotopic (exact) mass is 484 g/mol. The maximum absolute atomic E-state index is 12.4. The minimum atomic E-state index is -0.328. The van der Waals surface area contributed by atoms with E-state index in [0.717, 1.165) is 19.4 Å². The Kier molecular flexibility index (Phi) is 5.01. The highest BCUT2D eigenvalue weighted by atomic mass is 127. The molecule has 4 nitrogen and oxygen atoms in total. The zero-order valence-electron chi connectivity index (χ0n) is 12.1. The molecule has 0 bridgehead atoms. The molecular weight excluding hydrogens is 471 g/mol. The molecule has 3 rings (SSSR count). The summed E-state index contributed by atoms with van der Waals surface area (Å²) in [7, 11) is 0. The smallest absolute Gasteiger partial charge is 0.229 e. The Morgan fingerprint density at radius 2 is 1.78 bits per heavy atom. The first-order valence-corrected chi connectivity index (χ1v) is 9.02. The summed E-state index contributed by atoms with van der Waals surface area (Å²) in [5, 5.41) is 2.88. The van der Waals surface area contributed by atoms with Crippen LogP contribution in [-0.2, 0) is 9.59 Å². The first-order valence-electron chi connectivity index (χ1n) is 7.15. The Balaban J connectivity index is 1.68. The van der Waals surface area contributed by atoms with Crippen LogP contribution in [0.25, 0.3) is 0 Å². The van der Waals surface area contributed by atoms with Crippen molar-refractivity contribution < 1.29 is 9.59 Å². The van der Waals surface area contributed by atoms with Gasteiger partial charge >= 0.3 is 0 Å². The van der Waals surface area contributed by atoms with Crippen molar-refractivity contribution in [3.63, 3.8) is 0 Å². The van der Waals surface area contributed by atoms with Gasteiger partial charge in [-0.2, -0.15) is 0 Å². The molecule has 2 aromatic carbocycles. The van der Waals surface area contributed by atoms with E-state index in [1.165, 1.54) is 0 Å². The molecule has 1 N–H and O–H groups in total. The highest BCUT2D eigenvalue weighted by Gasteiger charge is 2.35. The van der Waals surface area contributed by atoms with Crippen molar-refractivity contribution in [2.24, 2.45) is 5.92 Å². The topological polar surface area (TPSA) is 49.4 Å². The van der Waals surface area contributed by atoms with E-state index in [4.69, 9.17) is 0 Å². The average molecular weight is 485 g/mol. The van der Waals surface area contributed by atoms with Crippen LogP contribution in [-0.4, -0.2) is 18.4 Å². The van der Waals surface area contributed by atoms with Crippen LogP contribution in [0.3, 0.4) is 0 Å². The average Bonchev–Trinajstić information content (AvgIpc) is 2.92. The van der Waals surface area contributed by atoms with Crippen LogP contribution in [0.5, 0.6) is 0 Å². The van der Waals surface area contributed by atoms with Crippen LogP contribution in [0.15, 0.2) is 53.0 Å². The van der Waals surface area contributed by atoms with E-state index in [-0.39, 0.29) is 24.2 Å². The van der Waals surface area contributed by atoms with Gasteiger partial charge < -0.3 is 10.2 Å². The van der Waals surface area contributed by atoms with Gasteiger partial charge in [-0.05, 0) is 71.1 Å². The van der Waals surface area contributed by atoms with Crippen LogP contribution in [0.1, 0.15) is 6.42 Å². The first kappa shape index (κ1) is 16.4. The normalized spacial score (nSPS) is 17.4. The van der Waals surface area contributed by atoms with Gasteiger partial charge in [-0.1, -0.05) is 15.9 Å². The number of halogens is 2. The number of carbonyl (C=O) groups is 2. The minimum absolute atomic E-state index is 0.0184. The number of nitrogens with one attached hydrogen (secondary N) is 1. The molecule has 2 amide bonds. The van der Waals surface area contributed by atoms with Gasteiger partial charge in [0.1, 0.15) is 0 Å². The predicted octanol–water partition coefficient (Wildman–Crippen LogP) is 4.05. The molecule has 0 aromatic heterocycles. The van der Waals surface area contributed by atoms with Gasteiger partial charge in [-0.3, -0.25) is 9.59 Å². The second-order valence-corrected chi connectivity index (χ2v) is 7.54. The van der Waals surface area contributed by atoms with Gasteiger partial charge in [-0.15, -0.1) is 0 Å². The highest BCUT2D eigenvalue weighted by molar-refractivity contribution is 14.1. The first-order chi connectivity index (χ1) is 11.0. The van der Waals surface area contributed by atoms with Gasteiger partial charge in [0, 0.05) is 32.4 Å². The van der Waals surface area contributed by atoms with Gasteiger partial charge in [0.2, 0.25) is 11.8 Å². The van der Waals surface area contributed by atoms with Gasteiger partial charge in [-0.25, -0.2) is 0 Å². The van der Waals surface area contributed by atoms with E-state index in [1.54, 1.807) is 4.90 Å². The third-order valence-electron chi connectivity index (χ3n) is 3.75. The quantitative estimate of drug-likeness (QED) is 0.668. The molecule has 0 saturated carbocycles. The zero-order chi connectivity index (χ0) is 16.4. The Bertz CT molecular complexity index is 731. The lowest BCUT2D eigenvalue weighted by molar-refractivity contribution is -0.122. The fraction of sp³-hybridized carbons (Fsp3) is 0.176. The molecule has 2 aromatic rings. The number of hydrogen-bond acceptors (Lipinski definition) is 2. The number of amides is 2. The van der Waals surface area contributed by atoms with Crippen molar-refractivity contribution in [1.82, 2.24) is 0 Å². The zero-order valence-corrected chi connectivity index (χ0v) is 15.9. The van der Waals surface area contributed by atoms with E-state index < -0.39 is 0 Å². The van der Waals surface area contributed by atoms with Crippen LogP contribution >= 0.6 is 38.5 Å². The molecule has 23 heavy (non-hydrogen) atoms. The Morgan fingerprint density at radius 3 is 2.43 bits per heavy atom. The van der Waals surface area contributed by atoms with E-state index in [9.17, 15) is 9.59 Å². The predicted molar refractivity (Wildman–Crippen MR) is 102 cm³/mol. The van der Waals surface area contributed by atoms with Crippen LogP contribution in [0.4, 0.5) is 11.4 Å². The van der Waals surface area contributed by atoms with Crippen molar-refractivity contribution in [2.75, 3.05) is 16.8 Å². The third-order valence-corrected chi connectivity index (χ3v) is 4.99. The van der Waals surface area contributed by atoms with E-state index >= 15 is 0 Å². The molecule has 1 atom stereocenters. The van der Waals surface area contributed by atoms with Crippen LogP contribution in [0.2, 0.25) is 0 Å². The van der Waals surface area contributed by atoms with E-state index in [0.29, 0.717) is 6.54 Å². The number of anilines is 2. The maximum atomic E-state index is 12.4. The molecule has 0 radical (unpaired) electrons. The standard InChI is InChI=1S/C17H14BrIN2O2/c18-12-1-7-15(8-2-12)21-10-11(9-16(21)22)17(23)20-14-5-3-13(19)4-6-14/h1-8,11H,9-10H2,(H,20,23). The Labute approximate surface area is 156 Å². The Morgan fingerprint density at radius 1 is 1.13 bits per heavy atom. The molecule has 118 valence electrons. The fourth-order valence-electron chi connectivity index (χ4n) is 2.53. The second kappa shape index (κ2) is 7.00. The summed E-state index contributed by atoms with van der Waals surface area (Å²) in [6.07, 6.45) is 0.242. The largest absolute Gasteiger partial charge is 0.326 e. The summed E-state index contributed by atoms with van der Waals surface area (Å²) in [6, 6.07) is 15.1. The molecule has 1 aliphatic heterocycles. The van der Waals surface area contributed by atoms with Crippen LogP contribution in [0, 0.1) is 9.49 Å². The lowest BCUT2D eigenvalue weighted by atomic mass is 10.1. The number of carbonyl (C=O) groups excluding carboxylic acids is 2. The summed E-state index contributed by atoms with van der Waals surface area (Å²) in [5.41, 5.74) is 1.58. The number of benzene rings is 2. The lowest BCUT2D eigenvalue weighted by Gasteiger charge is -2.16. The van der Waals surface area contributed by atoms with Crippen molar-refractivity contribution >= 4 is 61.7 Å². The SMILES string of the molecule is O=C(Nc1ccc(I)cc1)C1CC(=O)N(c2ccc(Br)cc2)C1. The van der Waals surface area contributed by atoms with Crippen molar-refractivity contribution in [1.29, 1.82) is 0 Å². The summed E-state index contributed by atoms with van der Waals surface area (Å²) in [5.74, 6) is -0.459.